The molecule has 0 aliphatic carbocycles. The molecule has 2 aromatic rings. The van der Waals surface area contributed by atoms with Crippen LogP contribution in [0.4, 0.5) is 0 Å². The zero-order valence-corrected chi connectivity index (χ0v) is 18.9. The van der Waals surface area contributed by atoms with Gasteiger partial charge < -0.3 is 19.5 Å². The van der Waals surface area contributed by atoms with E-state index < -0.39 is 11.6 Å². The lowest BCUT2D eigenvalue weighted by Gasteiger charge is -2.27. The van der Waals surface area contributed by atoms with E-state index >= 15 is 0 Å². The van der Waals surface area contributed by atoms with Crippen molar-refractivity contribution in [2.75, 3.05) is 21.3 Å². The summed E-state index contributed by atoms with van der Waals surface area (Å²) in [6.07, 6.45) is 5.38. The minimum atomic E-state index is -1.56. The summed E-state index contributed by atoms with van der Waals surface area (Å²) < 4.78 is 16.0. The van der Waals surface area contributed by atoms with Crippen molar-refractivity contribution in [3.05, 3.63) is 77.5 Å². The summed E-state index contributed by atoms with van der Waals surface area (Å²) in [5.41, 5.74) is 0.322. The van der Waals surface area contributed by atoms with E-state index in [1.54, 1.807) is 76.1 Å². The number of nitrogens with zero attached hydrogens (tertiary/aromatic N) is 2. The molecular formula is C25H25N3O5. The molecule has 1 atom stereocenters. The summed E-state index contributed by atoms with van der Waals surface area (Å²) in [5, 5.41) is 2.89. The number of hydrogen-bond donors (Lipinski definition) is 1. The molecule has 8 nitrogen and oxygen atoms in total. The van der Waals surface area contributed by atoms with Crippen molar-refractivity contribution in [1.82, 2.24) is 10.2 Å². The quantitative estimate of drug-likeness (QED) is 0.705. The Balaban J connectivity index is 1.77. The van der Waals surface area contributed by atoms with Gasteiger partial charge in [0.05, 0.1) is 21.3 Å². The monoisotopic (exact) mass is 447 g/mol. The van der Waals surface area contributed by atoms with Gasteiger partial charge in [-0.2, -0.15) is 0 Å². The van der Waals surface area contributed by atoms with Gasteiger partial charge >= 0.3 is 0 Å². The van der Waals surface area contributed by atoms with Gasteiger partial charge in [-0.1, -0.05) is 6.08 Å². The number of rotatable bonds is 7. The average Bonchev–Trinajstić information content (AvgIpc) is 3.11. The number of amidine groups is 1. The maximum Gasteiger partial charge on any atom is 0.281 e. The number of carbonyl (C=O) groups is 2. The molecule has 0 saturated heterocycles. The van der Waals surface area contributed by atoms with Crippen LogP contribution in [0.1, 0.15) is 22.8 Å². The predicted octanol–water partition coefficient (Wildman–Crippen LogP) is 3.10. The van der Waals surface area contributed by atoms with E-state index in [4.69, 9.17) is 19.2 Å². The summed E-state index contributed by atoms with van der Waals surface area (Å²) in [7, 11) is 4.67. The number of methoxy groups -OCH3 is 3. The number of carbonyl (C=O) groups excluding carboxylic acids is 2. The summed E-state index contributed by atoms with van der Waals surface area (Å²) in [6, 6.07) is 12.0. The third kappa shape index (κ3) is 4.07. The van der Waals surface area contributed by atoms with Crippen molar-refractivity contribution in [2.45, 2.75) is 19.0 Å². The van der Waals surface area contributed by atoms with Crippen LogP contribution in [0.15, 0.2) is 71.4 Å². The van der Waals surface area contributed by atoms with Gasteiger partial charge in [-0.15, -0.1) is 0 Å². The third-order valence-electron chi connectivity index (χ3n) is 5.64. The van der Waals surface area contributed by atoms with Gasteiger partial charge in [0, 0.05) is 23.7 Å². The smallest absolute Gasteiger partial charge is 0.281 e. The van der Waals surface area contributed by atoms with Gasteiger partial charge in [-0.25, -0.2) is 4.99 Å². The van der Waals surface area contributed by atoms with Crippen LogP contribution in [0.2, 0.25) is 0 Å². The van der Waals surface area contributed by atoms with E-state index in [0.29, 0.717) is 34.2 Å². The van der Waals surface area contributed by atoms with E-state index in [0.717, 1.165) is 5.57 Å². The molecule has 2 heterocycles. The van der Waals surface area contributed by atoms with Crippen LogP contribution in [0.3, 0.4) is 0 Å². The molecule has 0 radical (unpaired) electrons. The van der Waals surface area contributed by atoms with Crippen molar-refractivity contribution < 1.29 is 23.8 Å². The molecule has 0 fully saturated rings. The first kappa shape index (κ1) is 22.1. The van der Waals surface area contributed by atoms with Crippen LogP contribution in [-0.2, 0) is 11.2 Å². The fourth-order valence-electron chi connectivity index (χ4n) is 3.88. The number of nitrogens with one attached hydrogen (secondary N) is 1. The summed E-state index contributed by atoms with van der Waals surface area (Å²) in [4.78, 5) is 33.1. The minimum absolute atomic E-state index is 0.0786. The lowest BCUT2D eigenvalue weighted by Crippen LogP contribution is -2.55. The van der Waals surface area contributed by atoms with Crippen LogP contribution in [-0.4, -0.2) is 49.5 Å². The second kappa shape index (κ2) is 8.82. The first-order valence-corrected chi connectivity index (χ1v) is 10.4. The molecule has 0 spiro atoms. The molecule has 0 bridgehead atoms. The van der Waals surface area contributed by atoms with Crippen LogP contribution in [0.5, 0.6) is 17.2 Å². The van der Waals surface area contributed by atoms with E-state index in [-0.39, 0.29) is 12.3 Å². The van der Waals surface area contributed by atoms with E-state index in [1.165, 1.54) is 4.90 Å². The van der Waals surface area contributed by atoms with Crippen molar-refractivity contribution >= 4 is 17.6 Å². The maximum atomic E-state index is 13.7. The first-order valence-electron chi connectivity index (χ1n) is 10.4. The average molecular weight is 447 g/mol. The summed E-state index contributed by atoms with van der Waals surface area (Å²) >= 11 is 0. The molecule has 8 heteroatoms. The molecule has 2 aromatic carbocycles. The molecule has 170 valence electrons. The number of fused-ring (bicyclic) bond motifs is 1. The number of amides is 2. The minimum Gasteiger partial charge on any atom is -0.497 e. The van der Waals surface area contributed by atoms with Crippen LogP contribution < -0.4 is 19.5 Å². The highest BCUT2D eigenvalue weighted by Gasteiger charge is 2.50. The fraction of sp³-hybridized carbons (Fsp3) is 0.240. The van der Waals surface area contributed by atoms with Crippen molar-refractivity contribution in [3.8, 4) is 17.2 Å². The fourth-order valence-corrected chi connectivity index (χ4v) is 3.88. The largest absolute Gasteiger partial charge is 0.497 e. The number of allylic oxidation sites excluding steroid dienone is 2. The van der Waals surface area contributed by atoms with Gasteiger partial charge in [-0.05, 0) is 61.0 Å². The molecule has 2 aliphatic heterocycles. The Bertz CT molecular complexity index is 1180. The van der Waals surface area contributed by atoms with Gasteiger partial charge in [0.25, 0.3) is 11.8 Å². The van der Waals surface area contributed by atoms with Gasteiger partial charge in [-0.3, -0.25) is 14.5 Å². The molecule has 4 rings (SSSR count). The standard InChI is InChI=1S/C25H25N3O5/c1-16-6-5-13-28-22(16)26-25(24(28)30,15-18-14-20(32-3)11-12-21(18)33-4)27-23(29)17-7-9-19(31-2)10-8-17/h5-14H,15H2,1-4H3,(H,27,29)/t25-/m0/s1. The highest BCUT2D eigenvalue weighted by molar-refractivity contribution is 6.17. The molecule has 0 unspecified atom stereocenters. The summed E-state index contributed by atoms with van der Waals surface area (Å²) in [6.45, 7) is 1.87. The molecule has 1 N–H and O–H groups in total. The number of ether oxygens (including phenoxy) is 3. The molecule has 0 aromatic heterocycles. The molecule has 2 aliphatic rings. The van der Waals surface area contributed by atoms with E-state index in [1.807, 2.05) is 13.0 Å². The second-order valence-electron chi connectivity index (χ2n) is 7.70. The first-order chi connectivity index (χ1) is 15.9. The normalized spacial score (nSPS) is 18.9. The maximum absolute atomic E-state index is 13.7. The Kier molecular flexibility index (Phi) is 5.91. The Morgan fingerprint density at radius 3 is 2.36 bits per heavy atom. The zero-order chi connectivity index (χ0) is 23.6. The number of benzene rings is 2. The SMILES string of the molecule is COc1ccc(C(=O)N[C@]2(Cc3cc(OC)ccc3OC)N=C3C(C)=CC=CN3C2=O)cc1. The van der Waals surface area contributed by atoms with Gasteiger partial charge in [0.1, 0.15) is 23.1 Å². The molecule has 0 saturated carbocycles. The van der Waals surface area contributed by atoms with Crippen molar-refractivity contribution in [3.63, 3.8) is 0 Å². The Morgan fingerprint density at radius 1 is 1.03 bits per heavy atom. The van der Waals surface area contributed by atoms with Crippen molar-refractivity contribution in [1.29, 1.82) is 0 Å². The number of aliphatic imine (C=N–C) groups is 1. The predicted molar refractivity (Wildman–Crippen MR) is 124 cm³/mol. The van der Waals surface area contributed by atoms with E-state index in [9.17, 15) is 9.59 Å². The lowest BCUT2D eigenvalue weighted by molar-refractivity contribution is -0.130. The molecule has 33 heavy (non-hydrogen) atoms. The Labute approximate surface area is 192 Å². The summed E-state index contributed by atoms with van der Waals surface area (Å²) in [5.74, 6) is 1.52. The topological polar surface area (TPSA) is 89.5 Å². The Morgan fingerprint density at radius 2 is 1.73 bits per heavy atom. The highest BCUT2D eigenvalue weighted by Crippen LogP contribution is 2.34. The van der Waals surface area contributed by atoms with Crippen LogP contribution in [0.25, 0.3) is 0 Å². The Hall–Kier alpha value is -4.07. The zero-order valence-electron chi connectivity index (χ0n) is 18.9. The lowest BCUT2D eigenvalue weighted by atomic mass is 9.97. The van der Waals surface area contributed by atoms with Gasteiger partial charge in [0.15, 0.2) is 0 Å². The second-order valence-corrected chi connectivity index (χ2v) is 7.70. The number of hydrogen-bond acceptors (Lipinski definition) is 6. The molecular weight excluding hydrogens is 422 g/mol. The van der Waals surface area contributed by atoms with Crippen LogP contribution >= 0.6 is 0 Å². The van der Waals surface area contributed by atoms with Crippen molar-refractivity contribution in [2.24, 2.45) is 4.99 Å². The van der Waals surface area contributed by atoms with E-state index in [2.05, 4.69) is 5.32 Å². The highest BCUT2D eigenvalue weighted by atomic mass is 16.5. The van der Waals surface area contributed by atoms with Crippen LogP contribution in [0, 0.1) is 0 Å². The third-order valence-corrected chi connectivity index (χ3v) is 5.64. The molecule has 2 amide bonds. The van der Waals surface area contributed by atoms with Gasteiger partial charge in [0.2, 0.25) is 5.66 Å².